The predicted octanol–water partition coefficient (Wildman–Crippen LogP) is 3.61. The van der Waals surface area contributed by atoms with Gasteiger partial charge in [0.2, 0.25) is 5.91 Å². The van der Waals surface area contributed by atoms with E-state index in [1.807, 2.05) is 0 Å². The van der Waals surface area contributed by atoms with Crippen LogP contribution in [0, 0.1) is 23.1 Å². The summed E-state index contributed by atoms with van der Waals surface area (Å²) in [5.74, 6) is -0.306. The SMILES string of the molecule is N#Cc1c(F)cccc1NC(=O)CC1CCCCC1. The standard InChI is InChI=1S/C15H17FN2O/c16-13-7-4-8-14(12(13)10-17)18-15(19)9-11-5-2-1-3-6-11/h4,7-8,11H,1-3,5-6,9H2,(H,18,19). The van der Waals surface area contributed by atoms with Crippen molar-refractivity contribution in [3.8, 4) is 6.07 Å². The van der Waals surface area contributed by atoms with Crippen LogP contribution < -0.4 is 5.32 Å². The lowest BCUT2D eigenvalue weighted by atomic mass is 9.87. The number of hydrogen-bond donors (Lipinski definition) is 1. The molecule has 0 unspecified atom stereocenters. The summed E-state index contributed by atoms with van der Waals surface area (Å²) in [6, 6.07) is 6.05. The van der Waals surface area contributed by atoms with Gasteiger partial charge in [-0.1, -0.05) is 25.3 Å². The molecule has 0 aliphatic heterocycles. The average Bonchev–Trinajstić information content (AvgIpc) is 2.40. The molecule has 1 aliphatic rings. The van der Waals surface area contributed by atoms with Gasteiger partial charge in [-0.25, -0.2) is 4.39 Å². The number of carbonyl (C=O) groups is 1. The summed E-state index contributed by atoms with van der Waals surface area (Å²) >= 11 is 0. The summed E-state index contributed by atoms with van der Waals surface area (Å²) in [6.45, 7) is 0. The minimum absolute atomic E-state index is 0.0977. The number of benzene rings is 1. The Kier molecular flexibility index (Phi) is 4.51. The van der Waals surface area contributed by atoms with E-state index < -0.39 is 5.82 Å². The maximum atomic E-state index is 13.4. The third kappa shape index (κ3) is 3.54. The second kappa shape index (κ2) is 6.33. The first kappa shape index (κ1) is 13.5. The molecule has 1 aliphatic carbocycles. The Hall–Kier alpha value is -1.89. The summed E-state index contributed by atoms with van der Waals surface area (Å²) < 4.78 is 13.4. The van der Waals surface area contributed by atoms with Crippen LogP contribution in [-0.2, 0) is 4.79 Å². The van der Waals surface area contributed by atoms with Crippen LogP contribution in [-0.4, -0.2) is 5.91 Å². The van der Waals surface area contributed by atoms with Crippen LogP contribution in [0.3, 0.4) is 0 Å². The summed E-state index contributed by atoms with van der Waals surface area (Å²) in [5.41, 5.74) is 0.169. The smallest absolute Gasteiger partial charge is 0.224 e. The van der Waals surface area contributed by atoms with Gasteiger partial charge in [0.05, 0.1) is 5.69 Å². The van der Waals surface area contributed by atoms with E-state index in [1.54, 1.807) is 12.1 Å². The molecular formula is C15H17FN2O. The zero-order chi connectivity index (χ0) is 13.7. The summed E-state index contributed by atoms with van der Waals surface area (Å²) in [4.78, 5) is 11.9. The molecule has 0 saturated heterocycles. The zero-order valence-corrected chi connectivity index (χ0v) is 10.8. The van der Waals surface area contributed by atoms with E-state index in [9.17, 15) is 9.18 Å². The number of nitriles is 1. The van der Waals surface area contributed by atoms with Crippen molar-refractivity contribution in [2.45, 2.75) is 38.5 Å². The topological polar surface area (TPSA) is 52.9 Å². The van der Waals surface area contributed by atoms with Gasteiger partial charge in [-0.05, 0) is 30.9 Å². The van der Waals surface area contributed by atoms with Crippen molar-refractivity contribution in [2.24, 2.45) is 5.92 Å². The van der Waals surface area contributed by atoms with Crippen LogP contribution in [0.5, 0.6) is 0 Å². The molecule has 1 fully saturated rings. The van der Waals surface area contributed by atoms with Crippen LogP contribution in [0.15, 0.2) is 18.2 Å². The number of carbonyl (C=O) groups excluding carboxylic acids is 1. The molecule has 2 rings (SSSR count). The van der Waals surface area contributed by atoms with E-state index >= 15 is 0 Å². The number of hydrogen-bond acceptors (Lipinski definition) is 2. The van der Waals surface area contributed by atoms with Gasteiger partial charge in [0, 0.05) is 6.42 Å². The molecule has 0 radical (unpaired) electrons. The molecule has 100 valence electrons. The summed E-state index contributed by atoms with van der Waals surface area (Å²) in [5, 5.41) is 11.5. The Morgan fingerprint density at radius 2 is 2.11 bits per heavy atom. The Balaban J connectivity index is 1.99. The van der Waals surface area contributed by atoms with Gasteiger partial charge in [0.25, 0.3) is 0 Å². The van der Waals surface area contributed by atoms with Gasteiger partial charge in [-0.15, -0.1) is 0 Å². The van der Waals surface area contributed by atoms with E-state index in [0.29, 0.717) is 12.3 Å². The summed E-state index contributed by atoms with van der Waals surface area (Å²) in [7, 11) is 0. The second-order valence-electron chi connectivity index (χ2n) is 5.03. The van der Waals surface area contributed by atoms with E-state index in [-0.39, 0.29) is 17.2 Å². The fourth-order valence-electron chi connectivity index (χ4n) is 2.60. The van der Waals surface area contributed by atoms with Crippen molar-refractivity contribution < 1.29 is 9.18 Å². The van der Waals surface area contributed by atoms with Crippen molar-refractivity contribution in [3.63, 3.8) is 0 Å². The lowest BCUT2D eigenvalue weighted by Crippen LogP contribution is -2.19. The van der Waals surface area contributed by atoms with E-state index in [4.69, 9.17) is 5.26 Å². The Morgan fingerprint density at radius 1 is 1.37 bits per heavy atom. The highest BCUT2D eigenvalue weighted by Crippen LogP contribution is 2.27. The monoisotopic (exact) mass is 260 g/mol. The van der Waals surface area contributed by atoms with Crippen LogP contribution in [0.2, 0.25) is 0 Å². The lowest BCUT2D eigenvalue weighted by Gasteiger charge is -2.20. The highest BCUT2D eigenvalue weighted by atomic mass is 19.1. The summed E-state index contributed by atoms with van der Waals surface area (Å²) in [6.07, 6.45) is 6.24. The van der Waals surface area contributed by atoms with E-state index in [1.165, 1.54) is 31.4 Å². The van der Waals surface area contributed by atoms with E-state index in [2.05, 4.69) is 5.32 Å². The molecule has 1 aromatic carbocycles. The average molecular weight is 260 g/mol. The van der Waals surface area contributed by atoms with Gasteiger partial charge in [-0.2, -0.15) is 5.26 Å². The molecule has 1 aromatic rings. The van der Waals surface area contributed by atoms with Gasteiger partial charge < -0.3 is 5.32 Å². The van der Waals surface area contributed by atoms with Crippen molar-refractivity contribution in [3.05, 3.63) is 29.6 Å². The van der Waals surface area contributed by atoms with Crippen molar-refractivity contribution in [2.75, 3.05) is 5.32 Å². The molecule has 1 N–H and O–H groups in total. The van der Waals surface area contributed by atoms with Gasteiger partial charge >= 0.3 is 0 Å². The molecule has 0 heterocycles. The normalized spacial score (nSPS) is 15.8. The van der Waals surface area contributed by atoms with Gasteiger partial charge in [-0.3, -0.25) is 4.79 Å². The van der Waals surface area contributed by atoms with Crippen molar-refractivity contribution in [1.82, 2.24) is 0 Å². The van der Waals surface area contributed by atoms with Crippen LogP contribution in [0.25, 0.3) is 0 Å². The third-order valence-corrected chi connectivity index (χ3v) is 3.60. The highest BCUT2D eigenvalue weighted by molar-refractivity contribution is 5.92. The number of rotatable bonds is 3. The number of anilines is 1. The molecule has 3 nitrogen and oxygen atoms in total. The Labute approximate surface area is 112 Å². The van der Waals surface area contributed by atoms with Crippen LogP contribution in [0.4, 0.5) is 10.1 Å². The van der Waals surface area contributed by atoms with Crippen molar-refractivity contribution in [1.29, 1.82) is 5.26 Å². The second-order valence-corrected chi connectivity index (χ2v) is 5.03. The third-order valence-electron chi connectivity index (χ3n) is 3.60. The number of halogens is 1. The van der Waals surface area contributed by atoms with Crippen LogP contribution >= 0.6 is 0 Å². The first-order chi connectivity index (χ1) is 9.20. The molecule has 0 atom stereocenters. The molecule has 0 aromatic heterocycles. The molecule has 0 spiro atoms. The Morgan fingerprint density at radius 3 is 2.79 bits per heavy atom. The molecule has 4 heteroatoms. The fraction of sp³-hybridized carbons (Fsp3) is 0.467. The number of nitrogens with zero attached hydrogens (tertiary/aromatic N) is 1. The number of amides is 1. The molecular weight excluding hydrogens is 243 g/mol. The van der Waals surface area contributed by atoms with Crippen molar-refractivity contribution >= 4 is 11.6 Å². The minimum Gasteiger partial charge on any atom is -0.325 e. The van der Waals surface area contributed by atoms with Crippen LogP contribution in [0.1, 0.15) is 44.1 Å². The largest absolute Gasteiger partial charge is 0.325 e. The maximum absolute atomic E-state index is 13.4. The first-order valence-electron chi connectivity index (χ1n) is 6.69. The first-order valence-corrected chi connectivity index (χ1v) is 6.69. The predicted molar refractivity (Wildman–Crippen MR) is 70.9 cm³/mol. The highest BCUT2D eigenvalue weighted by Gasteiger charge is 2.18. The maximum Gasteiger partial charge on any atom is 0.224 e. The lowest BCUT2D eigenvalue weighted by molar-refractivity contribution is -0.117. The molecule has 0 bridgehead atoms. The Bertz CT molecular complexity index is 501. The fourth-order valence-corrected chi connectivity index (χ4v) is 2.60. The molecule has 1 amide bonds. The quantitative estimate of drug-likeness (QED) is 0.902. The molecule has 19 heavy (non-hydrogen) atoms. The molecule has 1 saturated carbocycles. The van der Waals surface area contributed by atoms with Gasteiger partial charge in [0.1, 0.15) is 17.4 Å². The number of nitrogens with one attached hydrogen (secondary N) is 1. The zero-order valence-electron chi connectivity index (χ0n) is 10.8. The van der Waals surface area contributed by atoms with E-state index in [0.717, 1.165) is 12.8 Å². The minimum atomic E-state index is -0.599. The van der Waals surface area contributed by atoms with Gasteiger partial charge in [0.15, 0.2) is 0 Å².